The lowest BCUT2D eigenvalue weighted by molar-refractivity contribution is -0.0209. The third kappa shape index (κ3) is 5.26. The van der Waals surface area contributed by atoms with Gasteiger partial charge >= 0.3 is 0 Å². The first-order valence-corrected chi connectivity index (χ1v) is 8.19. The molecule has 0 spiro atoms. The number of benzene rings is 1. The fourth-order valence-electron chi connectivity index (χ4n) is 2.87. The van der Waals surface area contributed by atoms with Crippen LogP contribution in [0.3, 0.4) is 0 Å². The van der Waals surface area contributed by atoms with Gasteiger partial charge in [-0.25, -0.2) is 0 Å². The van der Waals surface area contributed by atoms with Crippen molar-refractivity contribution in [2.24, 2.45) is 0 Å². The largest absolute Gasteiger partial charge is 0.369 e. The molecule has 0 bridgehead atoms. The second kappa shape index (κ2) is 8.43. The predicted molar refractivity (Wildman–Crippen MR) is 84.9 cm³/mol. The molecule has 0 radical (unpaired) electrons. The van der Waals surface area contributed by atoms with Gasteiger partial charge in [-0.2, -0.15) is 0 Å². The molecule has 1 N–H and O–H groups in total. The highest BCUT2D eigenvalue weighted by molar-refractivity contribution is 5.18. The molecule has 20 heavy (non-hydrogen) atoms. The average molecular weight is 275 g/mol. The van der Waals surface area contributed by atoms with E-state index in [0.29, 0.717) is 12.1 Å². The van der Waals surface area contributed by atoms with E-state index in [2.05, 4.69) is 49.5 Å². The first-order valence-electron chi connectivity index (χ1n) is 8.19. The van der Waals surface area contributed by atoms with Crippen LogP contribution in [0.4, 0.5) is 0 Å². The molecule has 1 saturated carbocycles. The maximum atomic E-state index is 6.45. The van der Waals surface area contributed by atoms with E-state index >= 15 is 0 Å². The third-order valence-corrected chi connectivity index (χ3v) is 4.04. The van der Waals surface area contributed by atoms with Gasteiger partial charge in [0.05, 0.1) is 12.2 Å². The summed E-state index contributed by atoms with van der Waals surface area (Å²) in [7, 11) is 0. The molecule has 0 heterocycles. The fraction of sp³-hybridized carbons (Fsp3) is 0.667. The van der Waals surface area contributed by atoms with Crippen LogP contribution in [0.5, 0.6) is 0 Å². The van der Waals surface area contributed by atoms with Crippen molar-refractivity contribution in [1.82, 2.24) is 5.32 Å². The normalized spacial score (nSPS) is 18.9. The van der Waals surface area contributed by atoms with E-state index in [1.54, 1.807) is 0 Å². The van der Waals surface area contributed by atoms with Gasteiger partial charge in [-0.15, -0.1) is 0 Å². The molecule has 1 aliphatic rings. The second-order valence-corrected chi connectivity index (χ2v) is 6.21. The molecule has 0 aromatic heterocycles. The highest BCUT2D eigenvalue weighted by Crippen LogP contribution is 2.26. The number of ether oxygens (including phenoxy) is 1. The van der Waals surface area contributed by atoms with E-state index in [1.807, 2.05) is 0 Å². The predicted octanol–water partition coefficient (Wildman–Crippen LogP) is 4.47. The summed E-state index contributed by atoms with van der Waals surface area (Å²) in [5.74, 6) is 0. The van der Waals surface area contributed by atoms with Gasteiger partial charge in [0.1, 0.15) is 0 Å². The van der Waals surface area contributed by atoms with Gasteiger partial charge < -0.3 is 10.1 Å². The Morgan fingerprint density at radius 3 is 2.30 bits per heavy atom. The molecule has 0 saturated heterocycles. The molecular formula is C18H29NO. The molecule has 0 amide bonds. The van der Waals surface area contributed by atoms with Crippen LogP contribution in [0.2, 0.25) is 0 Å². The van der Waals surface area contributed by atoms with Gasteiger partial charge in [0.2, 0.25) is 0 Å². The third-order valence-electron chi connectivity index (χ3n) is 4.04. The topological polar surface area (TPSA) is 21.3 Å². The van der Waals surface area contributed by atoms with Crippen molar-refractivity contribution in [2.45, 2.75) is 70.6 Å². The van der Waals surface area contributed by atoms with Crippen LogP contribution in [0.25, 0.3) is 0 Å². The Hall–Kier alpha value is -0.860. The highest BCUT2D eigenvalue weighted by Gasteiger charge is 2.19. The first kappa shape index (κ1) is 15.5. The summed E-state index contributed by atoms with van der Waals surface area (Å²) in [6, 6.07) is 11.1. The Bertz CT molecular complexity index is 355. The molecule has 2 heteroatoms. The minimum atomic E-state index is 0.182. The lowest BCUT2D eigenvalue weighted by atomic mass is 10.1. The lowest BCUT2D eigenvalue weighted by Crippen LogP contribution is -2.31. The monoisotopic (exact) mass is 275 g/mol. The number of rotatable bonds is 6. The second-order valence-electron chi connectivity index (χ2n) is 6.21. The van der Waals surface area contributed by atoms with Gasteiger partial charge in [-0.3, -0.25) is 0 Å². The molecular weight excluding hydrogens is 246 g/mol. The zero-order valence-electron chi connectivity index (χ0n) is 13.0. The van der Waals surface area contributed by atoms with Crippen LogP contribution in [0.15, 0.2) is 30.3 Å². The van der Waals surface area contributed by atoms with Crippen molar-refractivity contribution in [1.29, 1.82) is 0 Å². The quantitative estimate of drug-likeness (QED) is 0.774. The molecule has 0 aliphatic heterocycles. The minimum Gasteiger partial charge on any atom is -0.369 e. The maximum Gasteiger partial charge on any atom is 0.0953 e. The van der Waals surface area contributed by atoms with Gasteiger partial charge in [-0.05, 0) is 18.4 Å². The number of nitrogens with one attached hydrogen (secondary N) is 1. The highest BCUT2D eigenvalue weighted by atomic mass is 16.5. The van der Waals surface area contributed by atoms with Crippen LogP contribution in [0.1, 0.15) is 64.0 Å². The molecule has 1 fully saturated rings. The van der Waals surface area contributed by atoms with Crippen LogP contribution in [-0.2, 0) is 4.74 Å². The molecule has 1 aliphatic carbocycles. The van der Waals surface area contributed by atoms with E-state index in [-0.39, 0.29) is 6.10 Å². The van der Waals surface area contributed by atoms with Crippen LogP contribution in [0, 0.1) is 0 Å². The smallest absolute Gasteiger partial charge is 0.0953 e. The van der Waals surface area contributed by atoms with Crippen molar-refractivity contribution >= 4 is 0 Å². The molecule has 1 aromatic carbocycles. The summed E-state index contributed by atoms with van der Waals surface area (Å²) in [5, 5.41) is 3.52. The first-order chi connectivity index (χ1) is 9.75. The van der Waals surface area contributed by atoms with Crippen molar-refractivity contribution in [3.63, 3.8) is 0 Å². The molecule has 2 rings (SSSR count). The Labute approximate surface area is 123 Å². The summed E-state index contributed by atoms with van der Waals surface area (Å²) in [6.07, 6.45) is 8.47. The SMILES string of the molecule is CC(C)NCC(OC1CCCCCC1)c1ccccc1. The van der Waals surface area contributed by atoms with Gasteiger partial charge in [0.25, 0.3) is 0 Å². The maximum absolute atomic E-state index is 6.45. The number of hydrogen-bond acceptors (Lipinski definition) is 2. The van der Waals surface area contributed by atoms with Gasteiger partial charge in [-0.1, -0.05) is 69.9 Å². The van der Waals surface area contributed by atoms with Gasteiger partial charge in [0, 0.05) is 12.6 Å². The van der Waals surface area contributed by atoms with Crippen molar-refractivity contribution in [3.8, 4) is 0 Å². The lowest BCUT2D eigenvalue weighted by Gasteiger charge is -2.25. The van der Waals surface area contributed by atoms with Gasteiger partial charge in [0.15, 0.2) is 0 Å². The van der Waals surface area contributed by atoms with Crippen molar-refractivity contribution in [2.75, 3.05) is 6.54 Å². The zero-order valence-corrected chi connectivity index (χ0v) is 13.0. The average Bonchev–Trinajstić information content (AvgIpc) is 2.72. The van der Waals surface area contributed by atoms with E-state index < -0.39 is 0 Å². The Balaban J connectivity index is 1.97. The fourth-order valence-corrected chi connectivity index (χ4v) is 2.87. The Morgan fingerprint density at radius 2 is 1.70 bits per heavy atom. The van der Waals surface area contributed by atoms with E-state index in [1.165, 1.54) is 44.1 Å². The molecule has 112 valence electrons. The van der Waals surface area contributed by atoms with E-state index in [4.69, 9.17) is 4.74 Å². The van der Waals surface area contributed by atoms with E-state index in [0.717, 1.165) is 6.54 Å². The molecule has 1 unspecified atom stereocenters. The van der Waals surface area contributed by atoms with Crippen molar-refractivity contribution < 1.29 is 4.74 Å². The molecule has 2 nitrogen and oxygen atoms in total. The molecule has 1 aromatic rings. The van der Waals surface area contributed by atoms with Crippen molar-refractivity contribution in [3.05, 3.63) is 35.9 Å². The van der Waals surface area contributed by atoms with E-state index in [9.17, 15) is 0 Å². The summed E-state index contributed by atoms with van der Waals surface area (Å²) < 4.78 is 6.45. The molecule has 1 atom stereocenters. The summed E-state index contributed by atoms with van der Waals surface area (Å²) in [6.45, 7) is 5.28. The van der Waals surface area contributed by atoms with Crippen LogP contribution < -0.4 is 5.32 Å². The standard InChI is InChI=1S/C18H29NO/c1-15(2)19-14-18(16-10-6-5-7-11-16)20-17-12-8-3-4-9-13-17/h5-7,10-11,15,17-19H,3-4,8-9,12-14H2,1-2H3. The summed E-state index contributed by atoms with van der Waals surface area (Å²) >= 11 is 0. The Kier molecular flexibility index (Phi) is 6.55. The minimum absolute atomic E-state index is 0.182. The van der Waals surface area contributed by atoms with Crippen LogP contribution >= 0.6 is 0 Å². The zero-order chi connectivity index (χ0) is 14.2. The summed E-state index contributed by atoms with van der Waals surface area (Å²) in [4.78, 5) is 0. The number of hydrogen-bond donors (Lipinski definition) is 1. The summed E-state index contributed by atoms with van der Waals surface area (Å²) in [5.41, 5.74) is 1.30. The van der Waals surface area contributed by atoms with Crippen LogP contribution in [-0.4, -0.2) is 18.7 Å². The Morgan fingerprint density at radius 1 is 1.05 bits per heavy atom.